The number of allylic oxidation sites excluding steroid dienone is 6. The van der Waals surface area contributed by atoms with Gasteiger partial charge in [0.1, 0.15) is 0 Å². The molecule has 0 unspecified atom stereocenters. The van der Waals surface area contributed by atoms with Crippen LogP contribution in [0.1, 0.15) is 31.9 Å². The van der Waals surface area contributed by atoms with Crippen LogP contribution in [0.3, 0.4) is 0 Å². The molecule has 0 bridgehead atoms. The molecule has 2 aromatic carbocycles. The third-order valence-electron chi connectivity index (χ3n) is 4.58. The Morgan fingerprint density at radius 3 is 2.38 bits per heavy atom. The van der Waals surface area contributed by atoms with Crippen molar-refractivity contribution >= 4 is 5.78 Å². The maximum absolute atomic E-state index is 10.0. The summed E-state index contributed by atoms with van der Waals surface area (Å²) >= 11 is 0. The quantitative estimate of drug-likeness (QED) is 0.218. The molecule has 1 aromatic heterocycles. The number of aromatic nitrogens is 2. The molecule has 1 aliphatic rings. The van der Waals surface area contributed by atoms with Crippen LogP contribution in [-0.2, 0) is 24.9 Å². The first-order valence-electron chi connectivity index (χ1n) is 10.1. The van der Waals surface area contributed by atoms with Crippen molar-refractivity contribution in [3.8, 4) is 22.5 Å². The molecular weight excluding hydrogens is 577 g/mol. The molecule has 165 valence electrons. The van der Waals surface area contributed by atoms with Crippen LogP contribution < -0.4 is 0 Å². The van der Waals surface area contributed by atoms with Crippen molar-refractivity contribution < 1.29 is 30.0 Å². The summed E-state index contributed by atoms with van der Waals surface area (Å²) in [6.07, 6.45) is 12.6. The monoisotopic (exact) mass is 602 g/mol. The molecule has 5 heteroatoms. The fourth-order valence-electron chi connectivity index (χ4n) is 3.21. The number of hydrogen-bond acceptors (Lipinski definition) is 4. The van der Waals surface area contributed by atoms with Gasteiger partial charge in [-0.3, -0.25) is 9.78 Å². The second-order valence-corrected chi connectivity index (χ2v) is 7.19. The number of carbonyl (C=O) groups is 1. The summed E-state index contributed by atoms with van der Waals surface area (Å²) in [5, 5.41) is 8.36. The van der Waals surface area contributed by atoms with E-state index in [-0.39, 0.29) is 31.6 Å². The minimum absolute atomic E-state index is 0. The molecular formula is C27H25IrN2O2-. The second kappa shape index (κ2) is 12.7. The molecule has 0 saturated heterocycles. The Morgan fingerprint density at radius 2 is 1.81 bits per heavy atom. The summed E-state index contributed by atoms with van der Waals surface area (Å²) < 4.78 is 0. The van der Waals surface area contributed by atoms with Gasteiger partial charge in [0.25, 0.3) is 0 Å². The van der Waals surface area contributed by atoms with E-state index in [0.717, 1.165) is 34.6 Å². The Labute approximate surface area is 202 Å². The average Bonchev–Trinajstić information content (AvgIpc) is 2.80. The van der Waals surface area contributed by atoms with Gasteiger partial charge in [0.15, 0.2) is 5.78 Å². The Balaban J connectivity index is 0.000000398. The zero-order valence-electron chi connectivity index (χ0n) is 18.0. The molecule has 4 rings (SSSR count). The second-order valence-electron chi connectivity index (χ2n) is 7.19. The summed E-state index contributed by atoms with van der Waals surface area (Å²) in [6, 6.07) is 21.4. The fraction of sp³-hybridized carbons (Fsp3) is 0.148. The zero-order valence-corrected chi connectivity index (χ0v) is 20.4. The van der Waals surface area contributed by atoms with E-state index >= 15 is 0 Å². The number of carbonyl (C=O) groups excluding carboxylic acids is 1. The number of aliphatic hydroxyl groups excluding tert-OH is 1. The maximum atomic E-state index is 10.0. The summed E-state index contributed by atoms with van der Waals surface area (Å²) in [4.78, 5) is 19.7. The van der Waals surface area contributed by atoms with Gasteiger partial charge in [-0.2, -0.15) is 0 Å². The molecule has 1 heterocycles. The van der Waals surface area contributed by atoms with Crippen LogP contribution in [0.2, 0.25) is 0 Å². The smallest absolute Gasteiger partial charge is 0.155 e. The molecule has 1 aliphatic carbocycles. The van der Waals surface area contributed by atoms with Crippen LogP contribution in [0.15, 0.2) is 96.9 Å². The van der Waals surface area contributed by atoms with Crippen LogP contribution >= 0.6 is 0 Å². The largest absolute Gasteiger partial charge is 0.512 e. The summed E-state index contributed by atoms with van der Waals surface area (Å²) in [5.41, 5.74) is 4.84. The van der Waals surface area contributed by atoms with E-state index in [1.54, 1.807) is 0 Å². The minimum atomic E-state index is -0.125. The SMILES string of the molecule is CC(=O)/C=C(/C)O.[Ir].[c-]1ccccc1-c1ncc([C@@H]2C=CC=CC2)nc1-c1ccccc1. The molecule has 32 heavy (non-hydrogen) atoms. The Morgan fingerprint density at radius 1 is 1.06 bits per heavy atom. The molecule has 4 nitrogen and oxygen atoms in total. The maximum Gasteiger partial charge on any atom is 0.155 e. The molecule has 1 N–H and O–H groups in total. The van der Waals surface area contributed by atoms with E-state index in [9.17, 15) is 4.79 Å². The van der Waals surface area contributed by atoms with Crippen LogP contribution in [0.4, 0.5) is 0 Å². The van der Waals surface area contributed by atoms with E-state index in [1.807, 2.05) is 48.7 Å². The van der Waals surface area contributed by atoms with Crippen molar-refractivity contribution in [3.63, 3.8) is 0 Å². The number of nitrogens with zero attached hydrogens (tertiary/aromatic N) is 2. The summed E-state index contributed by atoms with van der Waals surface area (Å²) in [5.74, 6) is 0.228. The van der Waals surface area contributed by atoms with Gasteiger partial charge in [-0.1, -0.05) is 54.6 Å². The van der Waals surface area contributed by atoms with Gasteiger partial charge in [-0.15, -0.1) is 35.9 Å². The molecule has 0 aliphatic heterocycles. The summed E-state index contributed by atoms with van der Waals surface area (Å²) in [6.45, 7) is 2.85. The van der Waals surface area contributed by atoms with Crippen molar-refractivity contribution in [2.75, 3.05) is 0 Å². The average molecular weight is 602 g/mol. The van der Waals surface area contributed by atoms with Crippen molar-refractivity contribution in [2.24, 2.45) is 0 Å². The number of rotatable bonds is 4. The third-order valence-corrected chi connectivity index (χ3v) is 4.58. The van der Waals surface area contributed by atoms with E-state index in [4.69, 9.17) is 15.1 Å². The number of ketones is 1. The molecule has 0 saturated carbocycles. The Bertz CT molecular complexity index is 1100. The van der Waals surface area contributed by atoms with Gasteiger partial charge < -0.3 is 10.1 Å². The first-order valence-corrected chi connectivity index (χ1v) is 10.1. The fourth-order valence-corrected chi connectivity index (χ4v) is 3.21. The van der Waals surface area contributed by atoms with Crippen LogP contribution in [0.25, 0.3) is 22.5 Å². The van der Waals surface area contributed by atoms with Crippen molar-refractivity contribution in [3.05, 3.63) is 109 Å². The molecule has 0 spiro atoms. The molecule has 0 fully saturated rings. The van der Waals surface area contributed by atoms with Gasteiger partial charge in [-0.25, -0.2) is 0 Å². The van der Waals surface area contributed by atoms with Crippen LogP contribution in [-0.4, -0.2) is 20.9 Å². The number of aliphatic hydroxyl groups is 1. The van der Waals surface area contributed by atoms with E-state index in [1.165, 1.54) is 19.9 Å². The first-order chi connectivity index (χ1) is 15.0. The van der Waals surface area contributed by atoms with E-state index in [2.05, 4.69) is 42.5 Å². The van der Waals surface area contributed by atoms with Gasteiger partial charge in [0.05, 0.1) is 17.1 Å². The first kappa shape index (κ1) is 25.1. The van der Waals surface area contributed by atoms with E-state index < -0.39 is 0 Å². The predicted molar refractivity (Wildman–Crippen MR) is 124 cm³/mol. The van der Waals surface area contributed by atoms with Crippen LogP contribution in [0.5, 0.6) is 0 Å². The normalized spacial score (nSPS) is 14.7. The van der Waals surface area contributed by atoms with Crippen LogP contribution in [0, 0.1) is 6.07 Å². The minimum Gasteiger partial charge on any atom is -0.512 e. The van der Waals surface area contributed by atoms with Gasteiger partial charge in [0.2, 0.25) is 0 Å². The Hall–Kier alpha value is -3.14. The molecule has 1 radical (unpaired) electrons. The van der Waals surface area contributed by atoms with Gasteiger partial charge >= 0.3 is 0 Å². The van der Waals surface area contributed by atoms with Gasteiger partial charge in [-0.05, 0) is 25.8 Å². The van der Waals surface area contributed by atoms with Crippen molar-refractivity contribution in [1.82, 2.24) is 9.97 Å². The predicted octanol–water partition coefficient (Wildman–Crippen LogP) is 6.25. The number of hydrogen-bond donors (Lipinski definition) is 1. The van der Waals surface area contributed by atoms with Crippen molar-refractivity contribution in [2.45, 2.75) is 26.2 Å². The number of benzene rings is 2. The third kappa shape index (κ3) is 7.22. The van der Waals surface area contributed by atoms with Crippen molar-refractivity contribution in [1.29, 1.82) is 0 Å². The molecule has 1 atom stereocenters. The van der Waals surface area contributed by atoms with Gasteiger partial charge in [0, 0.05) is 44.0 Å². The molecule has 0 amide bonds. The summed E-state index contributed by atoms with van der Waals surface area (Å²) in [7, 11) is 0. The molecule has 3 aromatic rings. The standard InChI is InChI=1S/C22H17N2.C5H8O2.Ir/c1-4-10-17(11-5-1)20-16-23-21(18-12-6-2-7-13-18)22(24-20)19-14-8-3-9-15-19;1-4(6)3-5(2)7;/h1-10,12,14-17H,11H2;3,6H,1-2H3;/q-1;;/b;4-3-;/t17-;;/m1../s1. The zero-order chi connectivity index (χ0) is 22.1. The topological polar surface area (TPSA) is 63.1 Å². The van der Waals surface area contributed by atoms with E-state index in [0.29, 0.717) is 5.92 Å². The Kier molecular flexibility index (Phi) is 9.93.